The molecule has 9 nitrogen and oxygen atoms in total. The van der Waals surface area contributed by atoms with Crippen LogP contribution in [-0.4, -0.2) is 44.7 Å². The first-order valence-electron chi connectivity index (χ1n) is 8.99. The molecule has 1 heterocycles. The smallest absolute Gasteiger partial charge is 0.239 e. The maximum absolute atomic E-state index is 12.0. The van der Waals surface area contributed by atoms with Crippen molar-refractivity contribution in [1.29, 1.82) is 0 Å². The predicted molar refractivity (Wildman–Crippen MR) is 111 cm³/mol. The van der Waals surface area contributed by atoms with Crippen LogP contribution < -0.4 is 22.0 Å². The number of primary sulfonamides is 1. The summed E-state index contributed by atoms with van der Waals surface area (Å²) in [5.74, 6) is 5.27. The van der Waals surface area contributed by atoms with Crippen molar-refractivity contribution in [2.45, 2.75) is 23.9 Å². The van der Waals surface area contributed by atoms with E-state index in [4.69, 9.17) is 16.7 Å². The van der Waals surface area contributed by atoms with Gasteiger partial charge in [0.15, 0.2) is 5.84 Å². The molecule has 1 atom stereocenters. The number of hydrazone groups is 1. The third-order valence-corrected chi connectivity index (χ3v) is 5.93. The SMILES string of the molecule is CN1CCC(NCc2ccc(-c3cccc(S(N)(=O)=O)c3/C(N)=N/N)cc2)C1=O. The number of benzene rings is 2. The van der Waals surface area contributed by atoms with Gasteiger partial charge in [0.25, 0.3) is 0 Å². The molecular formula is C19H24N6O3S. The number of nitrogens with zero attached hydrogens (tertiary/aromatic N) is 2. The topological polar surface area (TPSA) is 157 Å². The van der Waals surface area contributed by atoms with Crippen molar-refractivity contribution < 1.29 is 13.2 Å². The number of hydrogen-bond acceptors (Lipinski definition) is 6. The number of amides is 1. The van der Waals surface area contributed by atoms with Crippen LogP contribution >= 0.6 is 0 Å². The maximum atomic E-state index is 12.0. The Kier molecular flexibility index (Phi) is 5.87. The summed E-state index contributed by atoms with van der Waals surface area (Å²) in [5.41, 5.74) is 8.30. The minimum Gasteiger partial charge on any atom is -0.382 e. The molecule has 0 aliphatic carbocycles. The monoisotopic (exact) mass is 416 g/mol. The van der Waals surface area contributed by atoms with Gasteiger partial charge in [0.2, 0.25) is 15.9 Å². The minimum atomic E-state index is -4.02. The molecule has 0 radical (unpaired) electrons. The largest absolute Gasteiger partial charge is 0.382 e. The zero-order valence-corrected chi connectivity index (χ0v) is 16.8. The Morgan fingerprint density at radius 1 is 1.24 bits per heavy atom. The fraction of sp³-hybridized carbons (Fsp3) is 0.263. The van der Waals surface area contributed by atoms with Crippen LogP contribution in [0, 0.1) is 0 Å². The van der Waals surface area contributed by atoms with Gasteiger partial charge >= 0.3 is 0 Å². The fourth-order valence-electron chi connectivity index (χ4n) is 3.39. The highest BCUT2D eigenvalue weighted by atomic mass is 32.2. The lowest BCUT2D eigenvalue weighted by Gasteiger charge is -2.14. The van der Waals surface area contributed by atoms with E-state index in [-0.39, 0.29) is 28.2 Å². The average Bonchev–Trinajstić information content (AvgIpc) is 3.03. The molecule has 1 fully saturated rings. The van der Waals surface area contributed by atoms with Crippen LogP contribution in [0.15, 0.2) is 52.5 Å². The summed E-state index contributed by atoms with van der Waals surface area (Å²) in [6.07, 6.45) is 0.787. The molecule has 10 heteroatoms. The van der Waals surface area contributed by atoms with Crippen LogP contribution in [0.4, 0.5) is 0 Å². The Balaban J connectivity index is 1.87. The molecule has 0 aromatic heterocycles. The van der Waals surface area contributed by atoms with Crippen LogP contribution in [0.2, 0.25) is 0 Å². The zero-order valence-electron chi connectivity index (χ0n) is 16.0. The number of nitrogens with one attached hydrogen (secondary N) is 1. The van der Waals surface area contributed by atoms with E-state index in [1.165, 1.54) is 6.07 Å². The Morgan fingerprint density at radius 3 is 2.48 bits per heavy atom. The number of nitrogens with two attached hydrogens (primary N) is 3. The van der Waals surface area contributed by atoms with E-state index in [1.807, 2.05) is 24.3 Å². The first-order chi connectivity index (χ1) is 13.7. The molecule has 1 aliphatic rings. The number of likely N-dealkylation sites (tertiary alicyclic amines) is 1. The molecule has 3 rings (SSSR count). The standard InChI is InChI=1S/C19H24N6O3S/c1-25-10-9-15(19(25)26)23-11-12-5-7-13(8-6-12)14-3-2-4-16(29(22,27)28)17(14)18(20)24-21/h2-8,15,23H,9-11,21H2,1H3,(H2,20,24)(H2,22,27,28). The van der Waals surface area contributed by atoms with Gasteiger partial charge in [-0.3, -0.25) is 4.79 Å². The van der Waals surface area contributed by atoms with Gasteiger partial charge in [-0.25, -0.2) is 13.6 Å². The lowest BCUT2D eigenvalue weighted by atomic mass is 9.98. The Bertz CT molecular complexity index is 1050. The van der Waals surface area contributed by atoms with Crippen molar-refractivity contribution >= 4 is 21.8 Å². The molecule has 1 saturated heterocycles. The van der Waals surface area contributed by atoms with Gasteiger partial charge < -0.3 is 21.8 Å². The highest BCUT2D eigenvalue weighted by Gasteiger charge is 2.28. The molecule has 1 amide bonds. The zero-order chi connectivity index (χ0) is 21.2. The molecule has 0 bridgehead atoms. The Hall–Kier alpha value is -2.95. The fourth-order valence-corrected chi connectivity index (χ4v) is 4.16. The highest BCUT2D eigenvalue weighted by Crippen LogP contribution is 2.28. The van der Waals surface area contributed by atoms with Gasteiger partial charge in [-0.15, -0.1) is 0 Å². The van der Waals surface area contributed by atoms with Crippen molar-refractivity contribution in [1.82, 2.24) is 10.2 Å². The number of amidine groups is 1. The molecule has 29 heavy (non-hydrogen) atoms. The Labute approximate surface area is 169 Å². The van der Waals surface area contributed by atoms with E-state index in [0.717, 1.165) is 24.1 Å². The molecule has 7 N–H and O–H groups in total. The van der Waals surface area contributed by atoms with Gasteiger partial charge in [0.1, 0.15) is 0 Å². The summed E-state index contributed by atoms with van der Waals surface area (Å²) in [7, 11) is -2.22. The summed E-state index contributed by atoms with van der Waals surface area (Å²) >= 11 is 0. The summed E-state index contributed by atoms with van der Waals surface area (Å²) in [6, 6.07) is 12.0. The number of hydrogen-bond donors (Lipinski definition) is 4. The predicted octanol–water partition coefficient (Wildman–Crippen LogP) is -0.0997. The van der Waals surface area contributed by atoms with Crippen molar-refractivity contribution in [3.63, 3.8) is 0 Å². The molecule has 2 aromatic rings. The maximum Gasteiger partial charge on any atom is 0.239 e. The van der Waals surface area contributed by atoms with Crippen molar-refractivity contribution in [2.75, 3.05) is 13.6 Å². The number of carbonyl (C=O) groups is 1. The lowest BCUT2D eigenvalue weighted by Crippen LogP contribution is -2.36. The molecule has 1 unspecified atom stereocenters. The molecular weight excluding hydrogens is 392 g/mol. The van der Waals surface area contributed by atoms with Crippen LogP contribution in [-0.2, 0) is 21.4 Å². The van der Waals surface area contributed by atoms with Crippen molar-refractivity contribution in [3.05, 3.63) is 53.6 Å². The first kappa shape index (κ1) is 20.8. The summed E-state index contributed by atoms with van der Waals surface area (Å²) in [5, 5.41) is 12.0. The number of carbonyl (C=O) groups excluding carboxylic acids is 1. The van der Waals surface area contributed by atoms with E-state index >= 15 is 0 Å². The highest BCUT2D eigenvalue weighted by molar-refractivity contribution is 7.89. The first-order valence-corrected chi connectivity index (χ1v) is 10.5. The third kappa shape index (κ3) is 4.39. The second kappa shape index (κ2) is 8.19. The molecule has 0 spiro atoms. The second-order valence-electron chi connectivity index (χ2n) is 6.92. The Morgan fingerprint density at radius 2 is 1.93 bits per heavy atom. The van der Waals surface area contributed by atoms with E-state index in [0.29, 0.717) is 12.1 Å². The lowest BCUT2D eigenvalue weighted by molar-refractivity contribution is -0.128. The van der Waals surface area contributed by atoms with Crippen LogP contribution in [0.5, 0.6) is 0 Å². The van der Waals surface area contributed by atoms with Crippen LogP contribution in [0.3, 0.4) is 0 Å². The number of rotatable bonds is 6. The van der Waals surface area contributed by atoms with Crippen LogP contribution in [0.25, 0.3) is 11.1 Å². The molecule has 154 valence electrons. The molecule has 2 aromatic carbocycles. The van der Waals surface area contributed by atoms with Gasteiger partial charge in [-0.2, -0.15) is 5.10 Å². The molecule has 1 aliphatic heterocycles. The van der Waals surface area contributed by atoms with Crippen molar-refractivity contribution in [3.8, 4) is 11.1 Å². The third-order valence-electron chi connectivity index (χ3n) is 4.97. The summed E-state index contributed by atoms with van der Waals surface area (Å²) < 4.78 is 23.9. The second-order valence-corrected chi connectivity index (χ2v) is 8.45. The van der Waals surface area contributed by atoms with Crippen molar-refractivity contribution in [2.24, 2.45) is 21.8 Å². The van der Waals surface area contributed by atoms with E-state index in [1.54, 1.807) is 24.1 Å². The van der Waals surface area contributed by atoms with E-state index < -0.39 is 10.0 Å². The van der Waals surface area contributed by atoms with Gasteiger partial charge in [-0.05, 0) is 29.2 Å². The van der Waals surface area contributed by atoms with E-state index in [2.05, 4.69) is 10.4 Å². The quantitative estimate of drug-likeness (QED) is 0.223. The van der Waals surface area contributed by atoms with Gasteiger partial charge in [-0.1, -0.05) is 36.4 Å². The van der Waals surface area contributed by atoms with Crippen LogP contribution in [0.1, 0.15) is 17.5 Å². The number of likely N-dealkylation sites (N-methyl/N-ethyl adjacent to an activating group) is 1. The normalized spacial score (nSPS) is 17.7. The van der Waals surface area contributed by atoms with Gasteiger partial charge in [0.05, 0.1) is 10.9 Å². The number of sulfonamides is 1. The van der Waals surface area contributed by atoms with E-state index in [9.17, 15) is 13.2 Å². The molecule has 0 saturated carbocycles. The van der Waals surface area contributed by atoms with Gasteiger partial charge in [0, 0.05) is 25.7 Å². The summed E-state index contributed by atoms with van der Waals surface area (Å²) in [4.78, 5) is 13.5. The average molecular weight is 417 g/mol. The summed E-state index contributed by atoms with van der Waals surface area (Å²) in [6.45, 7) is 1.30. The minimum absolute atomic E-state index is 0.0996.